The van der Waals surface area contributed by atoms with Crippen LogP contribution in [0.4, 0.5) is 10.7 Å². The molecule has 0 spiro atoms. The first-order valence-corrected chi connectivity index (χ1v) is 8.45. The minimum absolute atomic E-state index is 0.0946. The normalized spacial score (nSPS) is 18.4. The fourth-order valence-corrected chi connectivity index (χ4v) is 4.07. The quantitative estimate of drug-likeness (QED) is 0.856. The number of carbonyl (C=O) groups is 1. The van der Waals surface area contributed by atoms with E-state index in [1.54, 1.807) is 7.11 Å². The highest BCUT2D eigenvalue weighted by Gasteiger charge is 2.28. The van der Waals surface area contributed by atoms with E-state index in [1.807, 2.05) is 6.92 Å². The highest BCUT2D eigenvalue weighted by molar-refractivity contribution is 7.19. The molecule has 5 heteroatoms. The van der Waals surface area contributed by atoms with E-state index in [1.165, 1.54) is 17.8 Å². The van der Waals surface area contributed by atoms with E-state index in [0.717, 1.165) is 30.9 Å². The predicted molar refractivity (Wildman–Crippen MR) is 89.7 cm³/mol. The van der Waals surface area contributed by atoms with Gasteiger partial charge in [-0.15, -0.1) is 11.3 Å². The number of rotatable bonds is 4. The monoisotopic (exact) mass is 310 g/mol. The van der Waals surface area contributed by atoms with Crippen molar-refractivity contribution in [2.45, 2.75) is 46.5 Å². The molecule has 0 bridgehead atoms. The third-order valence-corrected chi connectivity index (χ3v) is 5.58. The Morgan fingerprint density at radius 3 is 2.71 bits per heavy atom. The lowest BCUT2D eigenvalue weighted by molar-refractivity contribution is 0.0992. The molecular weight excluding hydrogens is 284 g/mol. The lowest BCUT2D eigenvalue weighted by Gasteiger charge is -2.24. The summed E-state index contributed by atoms with van der Waals surface area (Å²) >= 11 is 1.49. The van der Waals surface area contributed by atoms with Gasteiger partial charge in [-0.3, -0.25) is 4.79 Å². The first kappa shape index (κ1) is 16.1. The highest BCUT2D eigenvalue weighted by Crippen LogP contribution is 2.46. The van der Waals surface area contributed by atoms with Crippen LogP contribution in [-0.4, -0.2) is 26.0 Å². The van der Waals surface area contributed by atoms with Crippen molar-refractivity contribution in [3.05, 3.63) is 4.88 Å². The molecule has 1 aliphatic rings. The van der Waals surface area contributed by atoms with Crippen molar-refractivity contribution in [3.63, 3.8) is 0 Å². The Morgan fingerprint density at radius 1 is 1.38 bits per heavy atom. The summed E-state index contributed by atoms with van der Waals surface area (Å²) in [6.07, 6.45) is 4.00. The van der Waals surface area contributed by atoms with Crippen molar-refractivity contribution in [3.8, 4) is 5.75 Å². The number of anilines is 2. The molecule has 0 atom stereocenters. The number of thiophene rings is 1. The number of hydrogen-bond donors (Lipinski definition) is 1. The Morgan fingerprint density at radius 2 is 2.10 bits per heavy atom. The van der Waals surface area contributed by atoms with Crippen molar-refractivity contribution < 1.29 is 9.53 Å². The molecule has 21 heavy (non-hydrogen) atoms. The number of ketones is 1. The Labute approximate surface area is 131 Å². The first-order chi connectivity index (χ1) is 9.89. The van der Waals surface area contributed by atoms with Gasteiger partial charge in [0, 0.05) is 19.5 Å². The maximum atomic E-state index is 12.0. The molecule has 0 radical (unpaired) electrons. The van der Waals surface area contributed by atoms with Gasteiger partial charge in [-0.2, -0.15) is 0 Å². The molecule has 2 N–H and O–H groups in total. The largest absolute Gasteiger partial charge is 0.492 e. The Balaban J connectivity index is 2.32. The number of nitrogen functional groups attached to an aromatic ring is 1. The van der Waals surface area contributed by atoms with E-state index in [0.29, 0.717) is 28.1 Å². The second kappa shape index (κ2) is 6.26. The molecule has 118 valence electrons. The van der Waals surface area contributed by atoms with Gasteiger partial charge in [0.1, 0.15) is 5.00 Å². The zero-order valence-electron chi connectivity index (χ0n) is 13.5. The molecule has 2 rings (SSSR count). The van der Waals surface area contributed by atoms with E-state index in [4.69, 9.17) is 10.5 Å². The summed E-state index contributed by atoms with van der Waals surface area (Å²) in [6.45, 7) is 8.50. The maximum Gasteiger partial charge on any atom is 0.177 e. The molecular formula is C16H26N2O2S. The Hall–Kier alpha value is -1.23. The molecule has 1 saturated heterocycles. The van der Waals surface area contributed by atoms with Crippen LogP contribution in [-0.2, 0) is 0 Å². The van der Waals surface area contributed by atoms with Crippen molar-refractivity contribution in [1.82, 2.24) is 0 Å². The van der Waals surface area contributed by atoms with Gasteiger partial charge in [0.05, 0.1) is 17.7 Å². The van der Waals surface area contributed by atoms with Gasteiger partial charge in [-0.25, -0.2) is 0 Å². The summed E-state index contributed by atoms with van der Waals surface area (Å²) in [5.74, 6) is 0.772. The van der Waals surface area contributed by atoms with Gasteiger partial charge in [0.15, 0.2) is 11.5 Å². The molecule has 0 amide bonds. The topological polar surface area (TPSA) is 55.6 Å². The summed E-state index contributed by atoms with van der Waals surface area (Å²) in [6, 6.07) is 0. The zero-order chi connectivity index (χ0) is 15.6. The summed E-state index contributed by atoms with van der Waals surface area (Å²) in [5.41, 5.74) is 7.02. The van der Waals surface area contributed by atoms with Gasteiger partial charge >= 0.3 is 0 Å². The third kappa shape index (κ3) is 3.34. The molecule has 0 saturated carbocycles. The van der Waals surface area contributed by atoms with Crippen LogP contribution >= 0.6 is 11.3 Å². The average Bonchev–Trinajstić information content (AvgIpc) is 2.66. The van der Waals surface area contributed by atoms with E-state index < -0.39 is 0 Å². The van der Waals surface area contributed by atoms with E-state index >= 15 is 0 Å². The molecule has 0 aromatic carbocycles. The Kier molecular flexibility index (Phi) is 4.81. The average molecular weight is 310 g/mol. The van der Waals surface area contributed by atoms with Crippen molar-refractivity contribution in [1.29, 1.82) is 0 Å². The van der Waals surface area contributed by atoms with Crippen LogP contribution in [0.25, 0.3) is 0 Å². The van der Waals surface area contributed by atoms with Gasteiger partial charge in [0.25, 0.3) is 0 Å². The van der Waals surface area contributed by atoms with Crippen LogP contribution in [0.15, 0.2) is 0 Å². The predicted octanol–water partition coefficient (Wildman–Crippen LogP) is 3.95. The SMILES string of the molecule is CCC(=O)c1sc(N2CCCC(C)(C)CC2)c(OC)c1N. The summed E-state index contributed by atoms with van der Waals surface area (Å²) < 4.78 is 5.49. The minimum atomic E-state index is 0.0946. The van der Waals surface area contributed by atoms with E-state index in [9.17, 15) is 4.79 Å². The maximum absolute atomic E-state index is 12.0. The van der Waals surface area contributed by atoms with Gasteiger partial charge < -0.3 is 15.4 Å². The molecule has 0 aliphatic carbocycles. The zero-order valence-corrected chi connectivity index (χ0v) is 14.3. The van der Waals surface area contributed by atoms with Crippen LogP contribution < -0.4 is 15.4 Å². The Bertz CT molecular complexity index is 523. The van der Waals surface area contributed by atoms with Crippen molar-refractivity contribution in [2.24, 2.45) is 5.41 Å². The van der Waals surface area contributed by atoms with Gasteiger partial charge in [-0.1, -0.05) is 20.8 Å². The van der Waals surface area contributed by atoms with Gasteiger partial charge in [-0.05, 0) is 24.7 Å². The van der Waals surface area contributed by atoms with Crippen LogP contribution in [0.3, 0.4) is 0 Å². The molecule has 1 aliphatic heterocycles. The summed E-state index contributed by atoms with van der Waals surface area (Å²) in [7, 11) is 1.63. The summed E-state index contributed by atoms with van der Waals surface area (Å²) in [4.78, 5) is 15.0. The summed E-state index contributed by atoms with van der Waals surface area (Å²) in [5, 5.41) is 1.02. The van der Waals surface area contributed by atoms with Crippen molar-refractivity contribution in [2.75, 3.05) is 30.8 Å². The molecule has 0 unspecified atom stereocenters. The van der Waals surface area contributed by atoms with Crippen molar-refractivity contribution >= 4 is 27.8 Å². The number of Topliss-reactive ketones (excluding diaryl/α,β-unsaturated/α-hetero) is 1. The fourth-order valence-electron chi connectivity index (χ4n) is 2.82. The lowest BCUT2D eigenvalue weighted by atomic mass is 9.85. The minimum Gasteiger partial charge on any atom is -0.492 e. The highest BCUT2D eigenvalue weighted by atomic mass is 32.1. The van der Waals surface area contributed by atoms with Crippen LogP contribution in [0.1, 0.15) is 56.1 Å². The van der Waals surface area contributed by atoms with Crippen LogP contribution in [0.2, 0.25) is 0 Å². The lowest BCUT2D eigenvalue weighted by Crippen LogP contribution is -2.24. The first-order valence-electron chi connectivity index (χ1n) is 7.64. The number of ether oxygens (including phenoxy) is 1. The molecule has 1 aromatic rings. The fraction of sp³-hybridized carbons (Fsp3) is 0.688. The number of carbonyl (C=O) groups excluding carboxylic acids is 1. The molecule has 4 nitrogen and oxygen atoms in total. The molecule has 1 fully saturated rings. The second-order valence-electron chi connectivity index (χ2n) is 6.46. The number of hydrogen-bond acceptors (Lipinski definition) is 5. The number of nitrogens with zero attached hydrogens (tertiary/aromatic N) is 1. The van der Waals surface area contributed by atoms with E-state index in [2.05, 4.69) is 18.7 Å². The number of methoxy groups -OCH3 is 1. The smallest absolute Gasteiger partial charge is 0.177 e. The number of nitrogens with two attached hydrogens (primary N) is 1. The molecule has 2 heterocycles. The second-order valence-corrected chi connectivity index (χ2v) is 7.46. The van der Waals surface area contributed by atoms with E-state index in [-0.39, 0.29) is 5.78 Å². The van der Waals surface area contributed by atoms with Crippen LogP contribution in [0, 0.1) is 5.41 Å². The van der Waals surface area contributed by atoms with Gasteiger partial charge in [0.2, 0.25) is 0 Å². The van der Waals surface area contributed by atoms with Crippen LogP contribution in [0.5, 0.6) is 5.75 Å². The standard InChI is InChI=1S/C16H26N2O2S/c1-5-11(19)14-12(17)13(20-4)15(21-14)18-9-6-7-16(2,3)8-10-18/h5-10,17H2,1-4H3. The third-order valence-electron chi connectivity index (χ3n) is 4.29. The molecule has 1 aromatic heterocycles.